The summed E-state index contributed by atoms with van der Waals surface area (Å²) in [5, 5.41) is 0.365. The van der Waals surface area contributed by atoms with E-state index < -0.39 is 12.0 Å². The molecule has 5 nitrogen and oxygen atoms in total. The van der Waals surface area contributed by atoms with Crippen LogP contribution in [0.25, 0.3) is 0 Å². The highest BCUT2D eigenvalue weighted by atomic mass is 35.5. The standard InChI is InChI=1S/C11H13ClN2O3.ClH/c1-17-11(16)9(13)2-3-10(15)7-6-14-5-4-8(7)12;/h4-6,9H,2-3,13H2,1H3;1H/t9-;/m1./s1. The van der Waals surface area contributed by atoms with Crippen LogP contribution in [0.5, 0.6) is 0 Å². The minimum absolute atomic E-state index is 0. The van der Waals surface area contributed by atoms with Gasteiger partial charge < -0.3 is 22.9 Å². The van der Waals surface area contributed by atoms with Crippen LogP contribution in [0.3, 0.4) is 0 Å². The lowest BCUT2D eigenvalue weighted by Gasteiger charge is -2.06. The summed E-state index contributed by atoms with van der Waals surface area (Å²) in [5.74, 6) is -0.573. The number of esters is 1. The summed E-state index contributed by atoms with van der Waals surface area (Å²) in [5.41, 5.74) is 3.99. The van der Waals surface area contributed by atoms with Crippen LogP contribution in [0, 0.1) is 0 Å². The second-order valence-electron chi connectivity index (χ2n) is 3.54. The number of aromatic nitrogens is 1. The summed E-state index contributed by atoms with van der Waals surface area (Å²) in [6.45, 7) is 0. The third-order valence-electron chi connectivity index (χ3n) is 2.32. The van der Waals surface area contributed by atoms with E-state index in [2.05, 4.69) is 15.5 Å². The van der Waals surface area contributed by atoms with E-state index in [1.807, 2.05) is 0 Å². The molecule has 0 unspecified atom stereocenters. The van der Waals surface area contributed by atoms with E-state index in [9.17, 15) is 9.59 Å². The highest BCUT2D eigenvalue weighted by molar-refractivity contribution is 6.33. The molecular weight excluding hydrogens is 279 g/mol. The number of quaternary nitrogens is 1. The molecule has 0 spiro atoms. The van der Waals surface area contributed by atoms with Crippen LogP contribution in [-0.2, 0) is 9.53 Å². The van der Waals surface area contributed by atoms with Crippen molar-refractivity contribution in [1.82, 2.24) is 4.98 Å². The van der Waals surface area contributed by atoms with Gasteiger partial charge in [-0.15, -0.1) is 0 Å². The summed E-state index contributed by atoms with van der Waals surface area (Å²) < 4.78 is 4.52. The maximum Gasteiger partial charge on any atom is 0.364 e. The number of ether oxygens (including phenoxy) is 1. The van der Waals surface area contributed by atoms with E-state index in [1.54, 1.807) is 6.07 Å². The number of Topliss-reactive ketones (excluding diaryl/α,β-unsaturated/α-hetero) is 1. The molecule has 1 aromatic heterocycles. The molecule has 0 saturated heterocycles. The summed E-state index contributed by atoms with van der Waals surface area (Å²) in [7, 11) is 1.29. The average Bonchev–Trinajstić information content (AvgIpc) is 2.35. The Labute approximate surface area is 116 Å². The zero-order valence-corrected chi connectivity index (χ0v) is 11.4. The molecule has 1 heterocycles. The number of nitrogens with zero attached hydrogens (tertiary/aromatic N) is 1. The second-order valence-corrected chi connectivity index (χ2v) is 3.94. The number of pyridine rings is 1. The summed E-state index contributed by atoms with van der Waals surface area (Å²) >= 11 is 5.86. The summed E-state index contributed by atoms with van der Waals surface area (Å²) in [6.07, 6.45) is 3.45. The molecule has 3 N–H and O–H groups in total. The van der Waals surface area contributed by atoms with Gasteiger partial charge in [-0.05, 0) is 6.07 Å². The first-order chi connectivity index (χ1) is 8.06. The van der Waals surface area contributed by atoms with Crippen LogP contribution in [0.15, 0.2) is 18.5 Å². The molecule has 0 radical (unpaired) electrons. The molecule has 18 heavy (non-hydrogen) atoms. The van der Waals surface area contributed by atoms with Crippen LogP contribution >= 0.6 is 11.6 Å². The van der Waals surface area contributed by atoms with Gasteiger partial charge in [0.1, 0.15) is 0 Å². The second kappa shape index (κ2) is 8.02. The van der Waals surface area contributed by atoms with Crippen LogP contribution < -0.4 is 18.1 Å². The Bertz CT molecular complexity index is 427. The molecule has 0 aliphatic carbocycles. The van der Waals surface area contributed by atoms with Gasteiger partial charge in [-0.3, -0.25) is 9.78 Å². The average molecular weight is 293 g/mol. The largest absolute Gasteiger partial charge is 1.00 e. The molecule has 7 heteroatoms. The van der Waals surface area contributed by atoms with Gasteiger partial charge in [0.25, 0.3) is 0 Å². The van der Waals surface area contributed by atoms with E-state index in [0.717, 1.165) is 0 Å². The minimum atomic E-state index is -0.542. The quantitative estimate of drug-likeness (QED) is 0.480. The van der Waals surface area contributed by atoms with Crippen molar-refractivity contribution >= 4 is 23.4 Å². The van der Waals surface area contributed by atoms with E-state index >= 15 is 0 Å². The Kier molecular flexibility index (Phi) is 7.50. The Morgan fingerprint density at radius 2 is 2.22 bits per heavy atom. The first kappa shape index (κ1) is 16.8. The van der Waals surface area contributed by atoms with Crippen LogP contribution in [0.1, 0.15) is 23.2 Å². The Hall–Kier alpha value is -1.17. The lowest BCUT2D eigenvalue weighted by Crippen LogP contribution is -3.00. The molecule has 0 fully saturated rings. The molecule has 0 aliphatic heterocycles. The smallest absolute Gasteiger partial charge is 0.364 e. The van der Waals surface area contributed by atoms with E-state index in [4.69, 9.17) is 11.6 Å². The number of carbonyl (C=O) groups is 2. The van der Waals surface area contributed by atoms with Crippen molar-refractivity contribution in [3.8, 4) is 0 Å². The van der Waals surface area contributed by atoms with Gasteiger partial charge in [-0.25, -0.2) is 4.79 Å². The van der Waals surface area contributed by atoms with E-state index in [-0.39, 0.29) is 24.6 Å². The predicted molar refractivity (Wildman–Crippen MR) is 61.5 cm³/mol. The number of carbonyl (C=O) groups excluding carboxylic acids is 2. The Balaban J connectivity index is 0.00000289. The fourth-order valence-corrected chi connectivity index (χ4v) is 1.52. The Morgan fingerprint density at radius 1 is 1.56 bits per heavy atom. The van der Waals surface area contributed by atoms with Crippen molar-refractivity contribution in [3.05, 3.63) is 29.0 Å². The summed E-state index contributed by atoms with van der Waals surface area (Å²) in [6, 6.07) is 1.01. The molecule has 1 atom stereocenters. The first-order valence-corrected chi connectivity index (χ1v) is 5.47. The number of halogens is 2. The van der Waals surface area contributed by atoms with Gasteiger partial charge in [0.15, 0.2) is 11.8 Å². The van der Waals surface area contributed by atoms with Crippen LogP contribution in [0.4, 0.5) is 0 Å². The van der Waals surface area contributed by atoms with Gasteiger partial charge >= 0.3 is 5.97 Å². The van der Waals surface area contributed by atoms with E-state index in [0.29, 0.717) is 17.0 Å². The van der Waals surface area contributed by atoms with E-state index in [1.165, 1.54) is 19.5 Å². The fraction of sp³-hybridized carbons (Fsp3) is 0.364. The molecule has 0 aromatic carbocycles. The van der Waals surface area contributed by atoms with Crippen molar-refractivity contribution in [1.29, 1.82) is 0 Å². The number of rotatable bonds is 5. The van der Waals surface area contributed by atoms with Crippen molar-refractivity contribution in [2.75, 3.05) is 7.11 Å². The Morgan fingerprint density at radius 3 is 2.78 bits per heavy atom. The molecule has 0 bridgehead atoms. The zero-order valence-electron chi connectivity index (χ0n) is 9.86. The maximum absolute atomic E-state index is 11.8. The number of ketones is 1. The number of hydrogen-bond acceptors (Lipinski definition) is 4. The third-order valence-corrected chi connectivity index (χ3v) is 2.65. The zero-order chi connectivity index (χ0) is 12.8. The van der Waals surface area contributed by atoms with Gasteiger partial charge in [0.2, 0.25) is 0 Å². The highest BCUT2D eigenvalue weighted by Gasteiger charge is 2.20. The number of methoxy groups -OCH3 is 1. The molecule has 1 aromatic rings. The molecular formula is C11H14Cl2N2O3. The van der Waals surface area contributed by atoms with Gasteiger partial charge in [-0.1, -0.05) is 11.6 Å². The number of hydrogen-bond donors (Lipinski definition) is 1. The molecule has 0 aliphatic rings. The molecule has 0 amide bonds. The first-order valence-electron chi connectivity index (χ1n) is 5.10. The van der Waals surface area contributed by atoms with Crippen LogP contribution in [0.2, 0.25) is 5.02 Å². The summed E-state index contributed by atoms with van der Waals surface area (Å²) in [4.78, 5) is 26.7. The minimum Gasteiger partial charge on any atom is -1.00 e. The molecule has 100 valence electrons. The lowest BCUT2D eigenvalue weighted by molar-refractivity contribution is -0.409. The van der Waals surface area contributed by atoms with Crippen LogP contribution in [-0.4, -0.2) is 29.9 Å². The molecule has 1 rings (SSSR count). The van der Waals surface area contributed by atoms with Crippen molar-refractivity contribution in [3.63, 3.8) is 0 Å². The van der Waals surface area contributed by atoms with Crippen molar-refractivity contribution in [2.24, 2.45) is 0 Å². The topological polar surface area (TPSA) is 83.9 Å². The fourth-order valence-electron chi connectivity index (χ4n) is 1.31. The predicted octanol–water partition coefficient (Wildman–Crippen LogP) is -2.51. The lowest BCUT2D eigenvalue weighted by atomic mass is 10.1. The normalized spacial score (nSPS) is 11.3. The molecule has 0 saturated carbocycles. The van der Waals surface area contributed by atoms with Gasteiger partial charge in [-0.2, -0.15) is 0 Å². The third kappa shape index (κ3) is 4.60. The maximum atomic E-state index is 11.8. The van der Waals surface area contributed by atoms with Crippen molar-refractivity contribution < 1.29 is 32.5 Å². The van der Waals surface area contributed by atoms with Gasteiger partial charge in [0, 0.05) is 25.2 Å². The van der Waals surface area contributed by atoms with Gasteiger partial charge in [0.05, 0.1) is 17.7 Å². The monoisotopic (exact) mass is 292 g/mol. The SMILES string of the molecule is COC(=O)[C@H]([NH3+])CCC(=O)c1cnccc1Cl.[Cl-]. The van der Waals surface area contributed by atoms with Crippen molar-refractivity contribution in [2.45, 2.75) is 18.9 Å². The highest BCUT2D eigenvalue weighted by Crippen LogP contribution is 2.16.